The standard InChI is InChI=1S/C7H17NO2/c1-7(2,10-4)6(8)5-9-3/h6H,5,8H2,1-4H3. The van der Waals surface area contributed by atoms with Gasteiger partial charge in [-0.05, 0) is 13.8 Å². The van der Waals surface area contributed by atoms with Crippen molar-refractivity contribution in [1.82, 2.24) is 0 Å². The minimum absolute atomic E-state index is 0.0671. The zero-order valence-electron chi connectivity index (χ0n) is 7.18. The van der Waals surface area contributed by atoms with E-state index in [1.54, 1.807) is 14.2 Å². The van der Waals surface area contributed by atoms with E-state index in [9.17, 15) is 0 Å². The molecule has 62 valence electrons. The molecule has 0 saturated carbocycles. The van der Waals surface area contributed by atoms with Gasteiger partial charge in [0.15, 0.2) is 0 Å². The van der Waals surface area contributed by atoms with E-state index >= 15 is 0 Å². The van der Waals surface area contributed by atoms with Gasteiger partial charge < -0.3 is 15.2 Å². The largest absolute Gasteiger partial charge is 0.383 e. The highest BCUT2D eigenvalue weighted by atomic mass is 16.5. The molecule has 0 spiro atoms. The van der Waals surface area contributed by atoms with Crippen LogP contribution in [0.4, 0.5) is 0 Å². The molecule has 3 heteroatoms. The van der Waals surface area contributed by atoms with E-state index in [4.69, 9.17) is 15.2 Å². The average molecular weight is 147 g/mol. The van der Waals surface area contributed by atoms with E-state index in [0.29, 0.717) is 6.61 Å². The smallest absolute Gasteiger partial charge is 0.0795 e. The molecule has 0 aliphatic rings. The summed E-state index contributed by atoms with van der Waals surface area (Å²) in [7, 11) is 3.28. The van der Waals surface area contributed by atoms with Crippen molar-refractivity contribution < 1.29 is 9.47 Å². The number of hydrogen-bond acceptors (Lipinski definition) is 3. The van der Waals surface area contributed by atoms with Crippen molar-refractivity contribution in [2.45, 2.75) is 25.5 Å². The highest BCUT2D eigenvalue weighted by molar-refractivity contribution is 4.81. The molecule has 0 aliphatic heterocycles. The van der Waals surface area contributed by atoms with Gasteiger partial charge >= 0.3 is 0 Å². The number of methoxy groups -OCH3 is 2. The van der Waals surface area contributed by atoms with Gasteiger partial charge in [0.25, 0.3) is 0 Å². The SMILES string of the molecule is COCC(N)C(C)(C)OC. The Kier molecular flexibility index (Phi) is 3.86. The third-order valence-corrected chi connectivity index (χ3v) is 1.77. The summed E-state index contributed by atoms with van der Waals surface area (Å²) in [6.45, 7) is 4.41. The maximum Gasteiger partial charge on any atom is 0.0795 e. The zero-order valence-corrected chi connectivity index (χ0v) is 7.18. The van der Waals surface area contributed by atoms with Gasteiger partial charge in [-0.25, -0.2) is 0 Å². The first-order valence-electron chi connectivity index (χ1n) is 3.34. The lowest BCUT2D eigenvalue weighted by atomic mass is 10.0. The molecule has 0 aliphatic carbocycles. The molecular formula is C7H17NO2. The molecule has 0 aromatic heterocycles. The lowest BCUT2D eigenvalue weighted by Crippen LogP contribution is -2.47. The highest BCUT2D eigenvalue weighted by Gasteiger charge is 2.25. The predicted molar refractivity (Wildman–Crippen MR) is 40.9 cm³/mol. The van der Waals surface area contributed by atoms with Gasteiger partial charge in [-0.2, -0.15) is 0 Å². The summed E-state index contributed by atoms with van der Waals surface area (Å²) >= 11 is 0. The molecule has 0 saturated heterocycles. The van der Waals surface area contributed by atoms with Crippen molar-refractivity contribution in [3.8, 4) is 0 Å². The van der Waals surface area contributed by atoms with E-state index in [-0.39, 0.29) is 11.6 Å². The van der Waals surface area contributed by atoms with Crippen molar-refractivity contribution in [3.63, 3.8) is 0 Å². The van der Waals surface area contributed by atoms with Crippen LogP contribution in [0.5, 0.6) is 0 Å². The quantitative estimate of drug-likeness (QED) is 0.625. The molecule has 0 fully saturated rings. The first-order valence-corrected chi connectivity index (χ1v) is 3.34. The second-order valence-electron chi connectivity index (χ2n) is 2.87. The molecule has 0 rings (SSSR count). The number of rotatable bonds is 4. The van der Waals surface area contributed by atoms with Crippen molar-refractivity contribution in [1.29, 1.82) is 0 Å². The van der Waals surface area contributed by atoms with E-state index in [1.165, 1.54) is 0 Å². The Morgan fingerprint density at radius 1 is 1.40 bits per heavy atom. The Bertz CT molecular complexity index is 93.6. The van der Waals surface area contributed by atoms with Gasteiger partial charge in [0.1, 0.15) is 0 Å². The first-order chi connectivity index (χ1) is 4.54. The van der Waals surface area contributed by atoms with Crippen molar-refractivity contribution in [3.05, 3.63) is 0 Å². The second kappa shape index (κ2) is 3.91. The van der Waals surface area contributed by atoms with E-state index in [2.05, 4.69) is 0 Å². The van der Waals surface area contributed by atoms with Gasteiger partial charge in [0, 0.05) is 14.2 Å². The molecule has 10 heavy (non-hydrogen) atoms. The summed E-state index contributed by atoms with van der Waals surface area (Å²) in [5, 5.41) is 0. The van der Waals surface area contributed by atoms with Crippen LogP contribution in [0.3, 0.4) is 0 Å². The van der Waals surface area contributed by atoms with Crippen molar-refractivity contribution in [2.75, 3.05) is 20.8 Å². The third kappa shape index (κ3) is 2.64. The molecule has 1 unspecified atom stereocenters. The maximum atomic E-state index is 5.72. The Hall–Kier alpha value is -0.120. The maximum absolute atomic E-state index is 5.72. The Morgan fingerprint density at radius 3 is 2.20 bits per heavy atom. The van der Waals surface area contributed by atoms with Crippen LogP contribution in [0, 0.1) is 0 Å². The number of hydrogen-bond donors (Lipinski definition) is 1. The van der Waals surface area contributed by atoms with Crippen molar-refractivity contribution >= 4 is 0 Å². The Balaban J connectivity index is 3.78. The monoisotopic (exact) mass is 147 g/mol. The van der Waals surface area contributed by atoms with Gasteiger partial charge in [0.2, 0.25) is 0 Å². The van der Waals surface area contributed by atoms with Crippen LogP contribution in [0.15, 0.2) is 0 Å². The van der Waals surface area contributed by atoms with E-state index in [1.807, 2.05) is 13.8 Å². The molecule has 2 N–H and O–H groups in total. The van der Waals surface area contributed by atoms with Crippen LogP contribution >= 0.6 is 0 Å². The van der Waals surface area contributed by atoms with Crippen LogP contribution in [-0.2, 0) is 9.47 Å². The average Bonchev–Trinajstić information content (AvgIpc) is 1.89. The highest BCUT2D eigenvalue weighted by Crippen LogP contribution is 2.11. The van der Waals surface area contributed by atoms with Crippen LogP contribution in [0.2, 0.25) is 0 Å². The Morgan fingerprint density at radius 2 is 1.90 bits per heavy atom. The number of ether oxygens (including phenoxy) is 2. The Labute approximate surface area is 62.5 Å². The molecule has 0 bridgehead atoms. The lowest BCUT2D eigenvalue weighted by Gasteiger charge is -2.29. The minimum atomic E-state index is -0.296. The first kappa shape index (κ1) is 9.88. The minimum Gasteiger partial charge on any atom is -0.383 e. The summed E-state index contributed by atoms with van der Waals surface area (Å²) in [5.74, 6) is 0. The van der Waals surface area contributed by atoms with Crippen LogP contribution in [0.1, 0.15) is 13.8 Å². The zero-order chi connectivity index (χ0) is 8.20. The fourth-order valence-corrected chi connectivity index (χ4v) is 0.532. The van der Waals surface area contributed by atoms with E-state index in [0.717, 1.165) is 0 Å². The fourth-order valence-electron chi connectivity index (χ4n) is 0.532. The molecule has 0 aromatic carbocycles. The summed E-state index contributed by atoms with van der Waals surface area (Å²) in [5.41, 5.74) is 5.43. The molecule has 0 amide bonds. The second-order valence-corrected chi connectivity index (χ2v) is 2.87. The third-order valence-electron chi connectivity index (χ3n) is 1.77. The van der Waals surface area contributed by atoms with Crippen LogP contribution in [0.25, 0.3) is 0 Å². The lowest BCUT2D eigenvalue weighted by molar-refractivity contribution is -0.0200. The molecule has 0 heterocycles. The topological polar surface area (TPSA) is 44.5 Å². The molecule has 0 aromatic rings. The summed E-state index contributed by atoms with van der Waals surface area (Å²) < 4.78 is 10.0. The summed E-state index contributed by atoms with van der Waals surface area (Å²) in [6, 6.07) is -0.0671. The fraction of sp³-hybridized carbons (Fsp3) is 1.00. The molecule has 3 nitrogen and oxygen atoms in total. The van der Waals surface area contributed by atoms with E-state index < -0.39 is 0 Å². The van der Waals surface area contributed by atoms with Gasteiger partial charge in [0.05, 0.1) is 18.2 Å². The molecular weight excluding hydrogens is 130 g/mol. The van der Waals surface area contributed by atoms with Gasteiger partial charge in [-0.1, -0.05) is 0 Å². The molecule has 0 radical (unpaired) electrons. The van der Waals surface area contributed by atoms with Gasteiger partial charge in [-0.3, -0.25) is 0 Å². The van der Waals surface area contributed by atoms with Crippen LogP contribution in [-0.4, -0.2) is 32.5 Å². The van der Waals surface area contributed by atoms with Gasteiger partial charge in [-0.15, -0.1) is 0 Å². The molecule has 1 atom stereocenters. The normalized spacial score (nSPS) is 15.3. The van der Waals surface area contributed by atoms with Crippen molar-refractivity contribution in [2.24, 2.45) is 5.73 Å². The van der Waals surface area contributed by atoms with Crippen LogP contribution < -0.4 is 5.73 Å². The summed E-state index contributed by atoms with van der Waals surface area (Å²) in [4.78, 5) is 0. The summed E-state index contributed by atoms with van der Waals surface area (Å²) in [6.07, 6.45) is 0. The number of nitrogens with two attached hydrogens (primary N) is 1. The predicted octanol–water partition coefficient (Wildman–Crippen LogP) is 0.385.